The van der Waals surface area contributed by atoms with E-state index >= 15 is 0 Å². The van der Waals surface area contributed by atoms with Crippen molar-refractivity contribution >= 4 is 17.7 Å². The van der Waals surface area contributed by atoms with Gasteiger partial charge in [0.05, 0.1) is 0 Å². The molecule has 1 rings (SSSR count). The number of hydrogen-bond acceptors (Lipinski definition) is 3. The van der Waals surface area contributed by atoms with E-state index in [2.05, 4.69) is 13.5 Å². The van der Waals surface area contributed by atoms with Crippen LogP contribution in [0.2, 0.25) is 0 Å². The first-order chi connectivity index (χ1) is 7.61. The average Bonchev–Trinajstić information content (AvgIpc) is 2.28. The molecule has 0 spiro atoms. The number of rotatable bonds is 5. The molecule has 16 heavy (non-hydrogen) atoms. The first-order valence-corrected chi connectivity index (χ1v) is 6.82. The maximum absolute atomic E-state index is 11.9. The smallest absolute Gasteiger partial charge is 0.162 e. The van der Waals surface area contributed by atoms with Crippen LogP contribution in [0.3, 0.4) is 0 Å². The molecule has 0 amide bonds. The quantitative estimate of drug-likeness (QED) is 0.589. The zero-order valence-corrected chi connectivity index (χ0v) is 11.0. The van der Waals surface area contributed by atoms with E-state index in [9.17, 15) is 4.79 Å². The molecule has 1 atom stereocenters. The van der Waals surface area contributed by atoms with Gasteiger partial charge in [0.15, 0.2) is 5.78 Å². The molecule has 0 radical (unpaired) electrons. The number of ketones is 1. The van der Waals surface area contributed by atoms with Crippen LogP contribution in [0.4, 0.5) is 0 Å². The molecule has 0 bridgehead atoms. The molecular formula is C13H21NOS. The van der Waals surface area contributed by atoms with Crippen LogP contribution >= 0.6 is 11.9 Å². The normalized spacial score (nSPS) is 21.1. The van der Waals surface area contributed by atoms with Crippen molar-refractivity contribution < 1.29 is 4.79 Å². The van der Waals surface area contributed by atoms with Crippen molar-refractivity contribution in [1.29, 1.82) is 0 Å². The predicted molar refractivity (Wildman–Crippen MR) is 70.9 cm³/mol. The van der Waals surface area contributed by atoms with E-state index in [1.165, 1.54) is 18.4 Å². The van der Waals surface area contributed by atoms with Gasteiger partial charge in [0.1, 0.15) is 0 Å². The molecule has 0 heterocycles. The molecule has 0 aliphatic heterocycles. The van der Waals surface area contributed by atoms with E-state index in [-0.39, 0.29) is 5.78 Å². The summed E-state index contributed by atoms with van der Waals surface area (Å²) in [5.41, 5.74) is 1.82. The van der Waals surface area contributed by atoms with E-state index in [1.807, 2.05) is 6.92 Å². The Balaban J connectivity index is 2.93. The van der Waals surface area contributed by atoms with E-state index in [4.69, 9.17) is 5.14 Å². The summed E-state index contributed by atoms with van der Waals surface area (Å²) in [5.74, 6) is 0.603. The van der Waals surface area contributed by atoms with Crippen molar-refractivity contribution in [2.75, 3.05) is 0 Å². The molecule has 2 nitrogen and oxygen atoms in total. The summed E-state index contributed by atoms with van der Waals surface area (Å²) in [7, 11) is 0. The van der Waals surface area contributed by atoms with Gasteiger partial charge in [0, 0.05) is 16.9 Å². The van der Waals surface area contributed by atoms with Crippen molar-refractivity contribution in [3.63, 3.8) is 0 Å². The van der Waals surface area contributed by atoms with Crippen molar-refractivity contribution in [2.45, 2.75) is 46.0 Å². The third-order valence-corrected chi connectivity index (χ3v) is 3.82. The molecule has 1 aliphatic rings. The van der Waals surface area contributed by atoms with E-state index in [0.29, 0.717) is 17.9 Å². The number of nitrogens with two attached hydrogens (primary N) is 1. The molecule has 0 saturated carbocycles. The van der Waals surface area contributed by atoms with E-state index in [0.717, 1.165) is 29.7 Å². The summed E-state index contributed by atoms with van der Waals surface area (Å²) in [6.07, 6.45) is 4.78. The summed E-state index contributed by atoms with van der Waals surface area (Å²) in [5, 5.41) is 5.67. The minimum atomic E-state index is 0.179. The highest BCUT2D eigenvalue weighted by molar-refractivity contribution is 8.00. The van der Waals surface area contributed by atoms with Gasteiger partial charge in [-0.05, 0) is 37.2 Å². The maximum atomic E-state index is 11.9. The van der Waals surface area contributed by atoms with Crippen molar-refractivity contribution in [1.82, 2.24) is 0 Å². The van der Waals surface area contributed by atoms with Crippen molar-refractivity contribution in [3.05, 3.63) is 22.6 Å². The number of carbonyl (C=O) groups is 1. The van der Waals surface area contributed by atoms with Gasteiger partial charge in [-0.2, -0.15) is 0 Å². The Hall–Kier alpha value is -0.540. The van der Waals surface area contributed by atoms with Crippen LogP contribution in [0.15, 0.2) is 22.6 Å². The van der Waals surface area contributed by atoms with Crippen LogP contribution in [0, 0.1) is 5.92 Å². The van der Waals surface area contributed by atoms with Crippen LogP contribution in [-0.4, -0.2) is 5.78 Å². The van der Waals surface area contributed by atoms with Crippen molar-refractivity contribution in [3.8, 4) is 0 Å². The Morgan fingerprint density at radius 3 is 2.88 bits per heavy atom. The van der Waals surface area contributed by atoms with Gasteiger partial charge >= 0.3 is 0 Å². The second-order valence-electron chi connectivity index (χ2n) is 4.40. The first kappa shape index (κ1) is 13.5. The first-order valence-electron chi connectivity index (χ1n) is 5.94. The highest BCUT2D eigenvalue weighted by Gasteiger charge is 2.24. The Morgan fingerprint density at radius 1 is 1.62 bits per heavy atom. The highest BCUT2D eigenvalue weighted by atomic mass is 32.2. The fourth-order valence-corrected chi connectivity index (χ4v) is 2.95. The summed E-state index contributed by atoms with van der Waals surface area (Å²) in [4.78, 5) is 13.0. The van der Waals surface area contributed by atoms with Gasteiger partial charge in [-0.25, -0.2) is 0 Å². The van der Waals surface area contributed by atoms with Gasteiger partial charge < -0.3 is 0 Å². The van der Waals surface area contributed by atoms with Crippen LogP contribution in [0.5, 0.6) is 0 Å². The van der Waals surface area contributed by atoms with Crippen LogP contribution in [-0.2, 0) is 4.79 Å². The van der Waals surface area contributed by atoms with Gasteiger partial charge in [-0.1, -0.05) is 32.4 Å². The summed E-state index contributed by atoms with van der Waals surface area (Å²) in [6.45, 7) is 8.15. The number of hydrogen-bond donors (Lipinski definition) is 1. The Labute approximate surface area is 102 Å². The molecule has 0 aromatic heterocycles. The molecule has 3 heteroatoms. The largest absolute Gasteiger partial charge is 0.294 e. The lowest BCUT2D eigenvalue weighted by Gasteiger charge is -2.25. The van der Waals surface area contributed by atoms with Crippen LogP contribution in [0.1, 0.15) is 46.0 Å². The molecule has 1 aliphatic carbocycles. The second kappa shape index (κ2) is 6.26. The average molecular weight is 239 g/mol. The third-order valence-electron chi connectivity index (χ3n) is 3.12. The number of allylic oxidation sites excluding steroid dienone is 3. The van der Waals surface area contributed by atoms with E-state index in [1.54, 1.807) is 0 Å². The molecular weight excluding hydrogens is 218 g/mol. The summed E-state index contributed by atoms with van der Waals surface area (Å²) in [6, 6.07) is 0. The topological polar surface area (TPSA) is 43.1 Å². The van der Waals surface area contributed by atoms with Crippen molar-refractivity contribution in [2.24, 2.45) is 11.1 Å². The summed E-state index contributed by atoms with van der Waals surface area (Å²) < 4.78 is 0. The monoisotopic (exact) mass is 239 g/mol. The minimum Gasteiger partial charge on any atom is -0.294 e. The van der Waals surface area contributed by atoms with Gasteiger partial charge in [-0.15, -0.1) is 0 Å². The maximum Gasteiger partial charge on any atom is 0.162 e. The molecule has 0 saturated heterocycles. The number of Topliss-reactive ketones (excluding diaryl/α,β-unsaturated/α-hetero) is 1. The van der Waals surface area contributed by atoms with Gasteiger partial charge in [0.2, 0.25) is 0 Å². The third kappa shape index (κ3) is 2.98. The molecule has 0 aromatic rings. The molecule has 2 N–H and O–H groups in total. The Morgan fingerprint density at radius 2 is 2.31 bits per heavy atom. The van der Waals surface area contributed by atoms with Gasteiger partial charge in [-0.3, -0.25) is 9.93 Å². The molecule has 0 aromatic carbocycles. The zero-order chi connectivity index (χ0) is 12.1. The zero-order valence-electron chi connectivity index (χ0n) is 10.2. The predicted octanol–water partition coefficient (Wildman–Crippen LogP) is 3.59. The highest BCUT2D eigenvalue weighted by Crippen LogP contribution is 2.38. The molecule has 1 unspecified atom stereocenters. The van der Waals surface area contributed by atoms with Crippen LogP contribution in [0.25, 0.3) is 0 Å². The molecule has 90 valence electrons. The lowest BCUT2D eigenvalue weighted by molar-refractivity contribution is -0.115. The lowest BCUT2D eigenvalue weighted by Crippen LogP contribution is -2.15. The Bertz CT molecular complexity index is 320. The number of carbonyl (C=O) groups excluding carboxylic acids is 1. The fraction of sp³-hybridized carbons (Fsp3) is 0.615. The second-order valence-corrected chi connectivity index (χ2v) is 5.13. The lowest BCUT2D eigenvalue weighted by atomic mass is 9.83. The Kier molecular flexibility index (Phi) is 5.29. The van der Waals surface area contributed by atoms with E-state index < -0.39 is 0 Å². The fourth-order valence-electron chi connectivity index (χ4n) is 2.24. The van der Waals surface area contributed by atoms with Gasteiger partial charge in [0.25, 0.3) is 0 Å². The standard InChI is InChI=1S/C13H21NOS/c1-4-6-11(15)10(3)13-9(2)7-5-8-12(13)16-14/h9H,3-8,14H2,1-2H3. The SMILES string of the molecule is C=C(C(=O)CCC)C1=C(SN)CCCC1C. The molecule has 0 fully saturated rings. The minimum absolute atomic E-state index is 0.179. The summed E-state index contributed by atoms with van der Waals surface area (Å²) >= 11 is 1.29. The van der Waals surface area contributed by atoms with Crippen LogP contribution < -0.4 is 5.14 Å².